The Bertz CT molecular complexity index is 926. The molecule has 2 aliphatic rings. The molecule has 3 aromatic rings. The average Bonchev–Trinajstić information content (AvgIpc) is 3.47. The number of rotatable bonds is 4. The van der Waals surface area contributed by atoms with Crippen LogP contribution >= 0.6 is 0 Å². The molecule has 0 unspecified atom stereocenters. The summed E-state index contributed by atoms with van der Waals surface area (Å²) in [5.41, 5.74) is 1.45. The highest BCUT2D eigenvalue weighted by atomic mass is 16.6. The molecule has 9 nitrogen and oxygen atoms in total. The van der Waals surface area contributed by atoms with Crippen LogP contribution in [0, 0.1) is 0 Å². The van der Waals surface area contributed by atoms with Gasteiger partial charge in [-0.1, -0.05) is 11.3 Å². The molecule has 5 heterocycles. The molecule has 4 atom stereocenters. The van der Waals surface area contributed by atoms with Gasteiger partial charge in [0.1, 0.15) is 23.9 Å². The van der Waals surface area contributed by atoms with Crippen LogP contribution in [0.1, 0.15) is 16.6 Å². The Hall–Kier alpha value is -3.04. The topological polar surface area (TPSA) is 104 Å². The van der Waals surface area contributed by atoms with E-state index in [0.29, 0.717) is 18.9 Å². The minimum absolute atomic E-state index is 0.106. The number of hydrogen-bond donors (Lipinski definition) is 1. The van der Waals surface area contributed by atoms with Crippen LogP contribution in [0.5, 0.6) is 0 Å². The van der Waals surface area contributed by atoms with Crippen LogP contribution in [-0.4, -0.2) is 57.3 Å². The lowest BCUT2D eigenvalue weighted by Gasteiger charge is -2.17. The van der Waals surface area contributed by atoms with Crippen LogP contribution in [0.2, 0.25) is 0 Å². The van der Waals surface area contributed by atoms with Crippen molar-refractivity contribution in [2.75, 3.05) is 13.2 Å². The van der Waals surface area contributed by atoms with Gasteiger partial charge in [-0.3, -0.25) is 9.78 Å². The highest BCUT2D eigenvalue weighted by Crippen LogP contribution is 2.34. The second kappa shape index (κ2) is 6.60. The van der Waals surface area contributed by atoms with Gasteiger partial charge in [-0.15, -0.1) is 5.10 Å². The summed E-state index contributed by atoms with van der Waals surface area (Å²) in [7, 11) is 0. The van der Waals surface area contributed by atoms with Gasteiger partial charge in [-0.25, -0.2) is 4.68 Å². The molecule has 2 fully saturated rings. The van der Waals surface area contributed by atoms with E-state index in [1.165, 1.54) is 6.26 Å². The lowest BCUT2D eigenvalue weighted by atomic mass is 10.1. The molecule has 0 bridgehead atoms. The summed E-state index contributed by atoms with van der Waals surface area (Å²) in [4.78, 5) is 16.5. The van der Waals surface area contributed by atoms with E-state index in [0.717, 1.165) is 5.69 Å². The molecule has 27 heavy (non-hydrogen) atoms. The van der Waals surface area contributed by atoms with Gasteiger partial charge in [0, 0.05) is 6.20 Å². The molecule has 0 saturated carbocycles. The first kappa shape index (κ1) is 16.2. The Kier molecular flexibility index (Phi) is 3.95. The minimum Gasteiger partial charge on any atom is -0.459 e. The number of nitrogens with one attached hydrogen (secondary N) is 1. The number of carbonyl (C=O) groups excluding carboxylic acids is 1. The zero-order valence-electron chi connectivity index (χ0n) is 14.3. The molecule has 2 aliphatic heterocycles. The Morgan fingerprint density at radius 2 is 2.04 bits per heavy atom. The van der Waals surface area contributed by atoms with Gasteiger partial charge in [0.05, 0.1) is 37.4 Å². The van der Waals surface area contributed by atoms with Crippen LogP contribution in [-0.2, 0) is 9.47 Å². The largest absolute Gasteiger partial charge is 0.459 e. The third kappa shape index (κ3) is 2.90. The maximum atomic E-state index is 12.2. The predicted molar refractivity (Wildman–Crippen MR) is 91.7 cm³/mol. The van der Waals surface area contributed by atoms with Crippen molar-refractivity contribution in [3.05, 3.63) is 54.7 Å². The van der Waals surface area contributed by atoms with E-state index < -0.39 is 0 Å². The third-order valence-corrected chi connectivity index (χ3v) is 4.87. The van der Waals surface area contributed by atoms with Gasteiger partial charge in [0.2, 0.25) is 0 Å². The fourth-order valence-corrected chi connectivity index (χ4v) is 3.55. The summed E-state index contributed by atoms with van der Waals surface area (Å²) >= 11 is 0. The van der Waals surface area contributed by atoms with Crippen LogP contribution in [0.4, 0.5) is 0 Å². The number of carbonyl (C=O) groups is 1. The lowest BCUT2D eigenvalue weighted by molar-refractivity contribution is 0.0612. The van der Waals surface area contributed by atoms with Crippen LogP contribution < -0.4 is 5.32 Å². The number of pyridine rings is 1. The third-order valence-electron chi connectivity index (χ3n) is 4.87. The Morgan fingerprint density at radius 1 is 1.11 bits per heavy atom. The molecule has 9 heteroatoms. The van der Waals surface area contributed by atoms with Gasteiger partial charge >= 0.3 is 0 Å². The van der Waals surface area contributed by atoms with Crippen molar-refractivity contribution in [1.29, 1.82) is 0 Å². The number of furan rings is 1. The van der Waals surface area contributed by atoms with Crippen LogP contribution in [0.15, 0.2) is 53.4 Å². The summed E-state index contributed by atoms with van der Waals surface area (Å²) < 4.78 is 18.7. The zero-order valence-corrected chi connectivity index (χ0v) is 14.3. The Labute approximate surface area is 154 Å². The SMILES string of the molecule is O=C(N[C@H]1CO[C@H]2[C@@H]1OC[C@@H]2n1cc(-c2ccccn2)nn1)c1ccco1. The van der Waals surface area contributed by atoms with E-state index in [4.69, 9.17) is 13.9 Å². The first-order chi connectivity index (χ1) is 13.3. The molecule has 0 spiro atoms. The molecule has 2 saturated heterocycles. The highest BCUT2D eigenvalue weighted by molar-refractivity contribution is 5.91. The molecule has 0 radical (unpaired) electrons. The molecular weight excluding hydrogens is 350 g/mol. The monoisotopic (exact) mass is 367 g/mol. The normalized spacial score (nSPS) is 26.8. The Morgan fingerprint density at radius 3 is 2.85 bits per heavy atom. The van der Waals surface area contributed by atoms with Gasteiger partial charge in [-0.2, -0.15) is 0 Å². The zero-order chi connectivity index (χ0) is 18.2. The standard InChI is InChI=1S/C18H17N5O4/c24-18(15-5-3-7-25-15)20-13-9-26-17-14(10-27-16(13)17)23-8-12(21-22-23)11-4-1-2-6-19-11/h1-8,13-14,16-17H,9-10H2,(H,20,24)/t13-,14-,16+,17+/m0/s1. The molecule has 1 amide bonds. The number of aromatic nitrogens is 4. The molecular formula is C18H17N5O4. The van der Waals surface area contributed by atoms with E-state index in [2.05, 4.69) is 20.6 Å². The van der Waals surface area contributed by atoms with E-state index in [1.807, 2.05) is 24.4 Å². The first-order valence-corrected chi connectivity index (χ1v) is 8.70. The summed E-state index contributed by atoms with van der Waals surface area (Å²) in [5, 5.41) is 11.3. The molecule has 0 aliphatic carbocycles. The average molecular weight is 367 g/mol. The lowest BCUT2D eigenvalue weighted by Crippen LogP contribution is -2.44. The van der Waals surface area contributed by atoms with Crippen molar-refractivity contribution < 1.29 is 18.7 Å². The fraction of sp³-hybridized carbons (Fsp3) is 0.333. The van der Waals surface area contributed by atoms with E-state index >= 15 is 0 Å². The van der Waals surface area contributed by atoms with Gasteiger partial charge in [-0.05, 0) is 24.3 Å². The highest BCUT2D eigenvalue weighted by Gasteiger charge is 2.49. The smallest absolute Gasteiger partial charge is 0.287 e. The first-order valence-electron chi connectivity index (χ1n) is 8.70. The van der Waals surface area contributed by atoms with Crippen LogP contribution in [0.3, 0.4) is 0 Å². The molecule has 1 N–H and O–H groups in total. The molecule has 0 aromatic carbocycles. The summed E-state index contributed by atoms with van der Waals surface area (Å²) in [5.74, 6) is -0.0104. The summed E-state index contributed by atoms with van der Waals surface area (Å²) in [6.07, 6.45) is 4.59. The van der Waals surface area contributed by atoms with E-state index in [9.17, 15) is 4.79 Å². The summed E-state index contributed by atoms with van der Waals surface area (Å²) in [6, 6.07) is 8.59. The van der Waals surface area contributed by atoms with E-state index in [-0.39, 0.29) is 36.0 Å². The molecule has 3 aromatic heterocycles. The van der Waals surface area contributed by atoms with Crippen molar-refractivity contribution >= 4 is 5.91 Å². The summed E-state index contributed by atoms with van der Waals surface area (Å²) in [6.45, 7) is 0.813. The maximum absolute atomic E-state index is 12.2. The number of ether oxygens (including phenoxy) is 2. The number of hydrogen-bond acceptors (Lipinski definition) is 7. The predicted octanol–water partition coefficient (Wildman–Crippen LogP) is 1.07. The number of fused-ring (bicyclic) bond motifs is 1. The molecule has 5 rings (SSSR count). The maximum Gasteiger partial charge on any atom is 0.287 e. The van der Waals surface area contributed by atoms with Crippen molar-refractivity contribution in [2.24, 2.45) is 0 Å². The quantitative estimate of drug-likeness (QED) is 0.735. The minimum atomic E-state index is -0.278. The number of amides is 1. The van der Waals surface area contributed by atoms with Gasteiger partial charge in [0.15, 0.2) is 5.76 Å². The second-order valence-electron chi connectivity index (χ2n) is 6.52. The van der Waals surface area contributed by atoms with Crippen molar-refractivity contribution in [3.8, 4) is 11.4 Å². The molecule has 138 valence electrons. The van der Waals surface area contributed by atoms with Gasteiger partial charge in [0.25, 0.3) is 5.91 Å². The van der Waals surface area contributed by atoms with Gasteiger partial charge < -0.3 is 19.2 Å². The van der Waals surface area contributed by atoms with Crippen molar-refractivity contribution in [3.63, 3.8) is 0 Å². The number of nitrogens with zero attached hydrogens (tertiary/aromatic N) is 4. The Balaban J connectivity index is 1.29. The van der Waals surface area contributed by atoms with Crippen LogP contribution in [0.25, 0.3) is 11.4 Å². The van der Waals surface area contributed by atoms with E-state index in [1.54, 1.807) is 23.0 Å². The van der Waals surface area contributed by atoms with Crippen molar-refractivity contribution in [1.82, 2.24) is 25.3 Å². The second-order valence-corrected chi connectivity index (χ2v) is 6.52. The van der Waals surface area contributed by atoms with Crippen molar-refractivity contribution in [2.45, 2.75) is 24.3 Å². The fourth-order valence-electron chi connectivity index (χ4n) is 3.55.